The van der Waals surface area contributed by atoms with Crippen LogP contribution in [0, 0.1) is 34.6 Å². The summed E-state index contributed by atoms with van der Waals surface area (Å²) < 4.78 is 1.08. The van der Waals surface area contributed by atoms with Crippen LogP contribution in [-0.4, -0.2) is 0 Å². The zero-order valence-electron chi connectivity index (χ0n) is 12.6. The normalized spacial score (nSPS) is 12.6. The van der Waals surface area contributed by atoms with Gasteiger partial charge < -0.3 is 0 Å². The summed E-state index contributed by atoms with van der Waals surface area (Å²) in [7, 11) is 0. The maximum Gasteiger partial charge on any atom is 0.0851 e. The van der Waals surface area contributed by atoms with E-state index < -0.39 is 0 Å². The Kier molecular flexibility index (Phi) is 4.61. The molecular weight excluding hydrogens is 332 g/mol. The number of aryl methyl sites for hydroxylation is 3. The highest BCUT2D eigenvalue weighted by Crippen LogP contribution is 2.39. The van der Waals surface area contributed by atoms with Crippen molar-refractivity contribution >= 4 is 27.5 Å². The molecule has 0 nitrogen and oxygen atoms in total. The molecule has 106 valence electrons. The van der Waals surface area contributed by atoms with Gasteiger partial charge in [0.25, 0.3) is 0 Å². The molecule has 1 atom stereocenters. The molecule has 0 saturated carbocycles. The van der Waals surface area contributed by atoms with Gasteiger partial charge in [-0.1, -0.05) is 34.1 Å². The van der Waals surface area contributed by atoms with Crippen molar-refractivity contribution in [3.63, 3.8) is 0 Å². The van der Waals surface area contributed by atoms with Crippen LogP contribution < -0.4 is 0 Å². The fourth-order valence-electron chi connectivity index (χ4n) is 2.62. The van der Waals surface area contributed by atoms with Gasteiger partial charge in [0.2, 0.25) is 0 Å². The van der Waals surface area contributed by atoms with Crippen LogP contribution in [0.25, 0.3) is 0 Å². The van der Waals surface area contributed by atoms with Crippen LogP contribution in [0.1, 0.15) is 44.3 Å². The highest BCUT2D eigenvalue weighted by Gasteiger charge is 2.20. The van der Waals surface area contributed by atoms with Crippen LogP contribution in [-0.2, 0) is 0 Å². The summed E-state index contributed by atoms with van der Waals surface area (Å²) in [5.41, 5.74) is 8.80. The van der Waals surface area contributed by atoms with Crippen molar-refractivity contribution in [3.8, 4) is 0 Å². The average molecular weight is 352 g/mol. The predicted molar refractivity (Wildman–Crippen MR) is 92.0 cm³/mol. The number of rotatable bonds is 2. The molecule has 0 heterocycles. The van der Waals surface area contributed by atoms with Crippen molar-refractivity contribution in [1.29, 1.82) is 0 Å². The second-order valence-corrected chi connectivity index (χ2v) is 6.85. The topological polar surface area (TPSA) is 0 Å². The Bertz CT molecular complexity index is 633. The van der Waals surface area contributed by atoms with E-state index in [1.54, 1.807) is 0 Å². The first-order chi connectivity index (χ1) is 9.32. The third-order valence-corrected chi connectivity index (χ3v) is 5.25. The third-order valence-electron chi connectivity index (χ3n) is 4.11. The van der Waals surface area contributed by atoms with Gasteiger partial charge in [0.15, 0.2) is 0 Å². The van der Waals surface area contributed by atoms with E-state index in [-0.39, 0.29) is 5.38 Å². The van der Waals surface area contributed by atoms with Gasteiger partial charge in [-0.15, -0.1) is 11.6 Å². The summed E-state index contributed by atoms with van der Waals surface area (Å²) in [4.78, 5) is 0. The first-order valence-corrected chi connectivity index (χ1v) is 8.03. The van der Waals surface area contributed by atoms with Crippen LogP contribution in [0.15, 0.2) is 28.7 Å². The molecule has 2 aromatic carbocycles. The lowest BCUT2D eigenvalue weighted by Crippen LogP contribution is -2.04. The summed E-state index contributed by atoms with van der Waals surface area (Å²) in [5.74, 6) is 0. The van der Waals surface area contributed by atoms with Gasteiger partial charge >= 0.3 is 0 Å². The molecule has 0 saturated heterocycles. The van der Waals surface area contributed by atoms with Gasteiger partial charge in [0.05, 0.1) is 5.38 Å². The zero-order valence-corrected chi connectivity index (χ0v) is 15.0. The molecule has 2 heteroatoms. The highest BCUT2D eigenvalue weighted by molar-refractivity contribution is 9.10. The minimum absolute atomic E-state index is 0.122. The molecule has 2 aromatic rings. The Morgan fingerprint density at radius 1 is 0.900 bits per heavy atom. The molecule has 0 aliphatic carbocycles. The summed E-state index contributed by atoms with van der Waals surface area (Å²) in [6.07, 6.45) is 0. The minimum atomic E-state index is -0.122. The van der Waals surface area contributed by atoms with Crippen molar-refractivity contribution in [3.05, 3.63) is 67.7 Å². The van der Waals surface area contributed by atoms with Crippen LogP contribution in [0.3, 0.4) is 0 Å². The largest absolute Gasteiger partial charge is 0.113 e. The van der Waals surface area contributed by atoms with E-state index in [2.05, 4.69) is 74.8 Å². The van der Waals surface area contributed by atoms with E-state index in [0.29, 0.717) is 0 Å². The fourth-order valence-corrected chi connectivity index (χ4v) is 3.99. The van der Waals surface area contributed by atoms with E-state index >= 15 is 0 Å². The van der Waals surface area contributed by atoms with Crippen molar-refractivity contribution < 1.29 is 0 Å². The summed E-state index contributed by atoms with van der Waals surface area (Å²) in [6, 6.07) is 8.59. The molecule has 0 aliphatic rings. The van der Waals surface area contributed by atoms with E-state index in [0.717, 1.165) is 10.0 Å². The van der Waals surface area contributed by atoms with Gasteiger partial charge in [-0.2, -0.15) is 0 Å². The van der Waals surface area contributed by atoms with E-state index in [1.807, 2.05) is 0 Å². The Hall–Kier alpha value is -0.790. The molecule has 1 unspecified atom stereocenters. The van der Waals surface area contributed by atoms with Crippen LogP contribution in [0.5, 0.6) is 0 Å². The Labute approximate surface area is 135 Å². The molecule has 0 N–H and O–H groups in total. The van der Waals surface area contributed by atoms with Gasteiger partial charge in [-0.25, -0.2) is 0 Å². The predicted octanol–water partition coefficient (Wildman–Crippen LogP) is 6.32. The first-order valence-electron chi connectivity index (χ1n) is 6.80. The maximum absolute atomic E-state index is 6.81. The lowest BCUT2D eigenvalue weighted by Gasteiger charge is -2.21. The van der Waals surface area contributed by atoms with Crippen LogP contribution in [0.4, 0.5) is 0 Å². The number of hydrogen-bond acceptors (Lipinski definition) is 0. The second kappa shape index (κ2) is 5.91. The fraction of sp³-hybridized carbons (Fsp3) is 0.333. The minimum Gasteiger partial charge on any atom is -0.113 e. The van der Waals surface area contributed by atoms with Crippen LogP contribution in [0.2, 0.25) is 0 Å². The van der Waals surface area contributed by atoms with Crippen molar-refractivity contribution in [2.75, 3.05) is 0 Å². The van der Waals surface area contributed by atoms with Gasteiger partial charge in [-0.05, 0) is 79.6 Å². The molecule has 20 heavy (non-hydrogen) atoms. The number of alkyl halides is 1. The number of hydrogen-bond donors (Lipinski definition) is 0. The number of halogens is 2. The van der Waals surface area contributed by atoms with Gasteiger partial charge in [-0.3, -0.25) is 0 Å². The molecule has 0 aromatic heterocycles. The maximum atomic E-state index is 6.81. The van der Waals surface area contributed by atoms with E-state index in [9.17, 15) is 0 Å². The number of benzene rings is 2. The van der Waals surface area contributed by atoms with Gasteiger partial charge in [0, 0.05) is 4.47 Å². The quantitative estimate of drug-likeness (QED) is 0.555. The third kappa shape index (κ3) is 2.80. The average Bonchev–Trinajstić information content (AvgIpc) is 2.36. The standard InChI is InChI=1S/C18H20BrCl/c1-10-6-7-15(16(19)8-10)18(20)17-13(4)11(2)9-12(3)14(17)5/h6-9,18H,1-5H3. The highest BCUT2D eigenvalue weighted by atomic mass is 79.9. The Morgan fingerprint density at radius 3 is 1.95 bits per heavy atom. The monoisotopic (exact) mass is 350 g/mol. The molecule has 0 radical (unpaired) electrons. The molecule has 0 amide bonds. The van der Waals surface area contributed by atoms with Crippen molar-refractivity contribution in [2.24, 2.45) is 0 Å². The first kappa shape index (κ1) is 15.6. The molecule has 0 aliphatic heterocycles. The van der Waals surface area contributed by atoms with Crippen molar-refractivity contribution in [1.82, 2.24) is 0 Å². The van der Waals surface area contributed by atoms with E-state index in [1.165, 1.54) is 33.4 Å². The van der Waals surface area contributed by atoms with Crippen molar-refractivity contribution in [2.45, 2.75) is 40.0 Å². The molecule has 0 bridgehead atoms. The van der Waals surface area contributed by atoms with Gasteiger partial charge in [0.1, 0.15) is 0 Å². The smallest absolute Gasteiger partial charge is 0.0851 e. The molecular formula is C18H20BrCl. The lowest BCUT2D eigenvalue weighted by atomic mass is 9.89. The summed E-state index contributed by atoms with van der Waals surface area (Å²) in [6.45, 7) is 10.7. The Balaban J connectivity index is 2.62. The summed E-state index contributed by atoms with van der Waals surface area (Å²) >= 11 is 10.5. The second-order valence-electron chi connectivity index (χ2n) is 5.56. The molecule has 0 spiro atoms. The van der Waals surface area contributed by atoms with E-state index in [4.69, 9.17) is 11.6 Å². The molecule has 0 fully saturated rings. The lowest BCUT2D eigenvalue weighted by molar-refractivity contribution is 1.04. The SMILES string of the molecule is Cc1ccc(C(Cl)c2c(C)c(C)cc(C)c2C)c(Br)c1. The zero-order chi connectivity index (χ0) is 15.0. The summed E-state index contributed by atoms with van der Waals surface area (Å²) in [5, 5.41) is -0.122. The van der Waals surface area contributed by atoms with Crippen LogP contribution >= 0.6 is 27.5 Å². The Morgan fingerprint density at radius 2 is 1.45 bits per heavy atom. The molecule has 2 rings (SSSR count).